The molecule has 0 spiro atoms. The summed E-state index contributed by atoms with van der Waals surface area (Å²) in [5, 5.41) is 9.23. The Morgan fingerprint density at radius 1 is 1.07 bits per heavy atom. The summed E-state index contributed by atoms with van der Waals surface area (Å²) in [6, 6.07) is 9.74. The number of halogens is 3. The third-order valence-corrected chi connectivity index (χ3v) is 4.93. The van der Waals surface area contributed by atoms with Crippen LogP contribution in [0.1, 0.15) is 28.9 Å². The molecular weight excluding hydrogens is 385 g/mol. The summed E-state index contributed by atoms with van der Waals surface area (Å²) in [5.41, 5.74) is -0.782. The van der Waals surface area contributed by atoms with Crippen molar-refractivity contribution in [2.45, 2.75) is 19.0 Å². The number of carbonyl (C=O) groups is 1. The first-order chi connectivity index (χ1) is 13.8. The number of aromatic amines is 1. The molecular formula is C20H17F3N4O2. The molecule has 150 valence electrons. The van der Waals surface area contributed by atoms with Gasteiger partial charge in [0.15, 0.2) is 5.69 Å². The Morgan fingerprint density at radius 2 is 1.76 bits per heavy atom. The van der Waals surface area contributed by atoms with Crippen LogP contribution in [0.25, 0.3) is 10.8 Å². The van der Waals surface area contributed by atoms with Crippen molar-refractivity contribution >= 4 is 28.1 Å². The normalized spacial score (nSPS) is 14.4. The number of fused-ring (bicyclic) bond motifs is 1. The van der Waals surface area contributed by atoms with Crippen LogP contribution in [0.5, 0.6) is 0 Å². The number of rotatable bonds is 3. The molecule has 1 aromatic heterocycles. The van der Waals surface area contributed by atoms with Crippen LogP contribution >= 0.6 is 0 Å². The second kappa shape index (κ2) is 7.23. The van der Waals surface area contributed by atoms with Gasteiger partial charge in [0.1, 0.15) is 0 Å². The van der Waals surface area contributed by atoms with Crippen molar-refractivity contribution in [3.05, 3.63) is 64.1 Å². The van der Waals surface area contributed by atoms with Crippen LogP contribution in [0.3, 0.4) is 0 Å². The van der Waals surface area contributed by atoms with Crippen molar-refractivity contribution in [2.24, 2.45) is 0 Å². The predicted octanol–water partition coefficient (Wildman–Crippen LogP) is 3.79. The monoisotopic (exact) mass is 402 g/mol. The molecule has 0 atom stereocenters. The minimum absolute atomic E-state index is 0.0591. The quantitative estimate of drug-likeness (QED) is 0.699. The van der Waals surface area contributed by atoms with E-state index in [1.54, 1.807) is 24.3 Å². The van der Waals surface area contributed by atoms with Gasteiger partial charge in [-0.05, 0) is 37.1 Å². The SMILES string of the molecule is O=C(Nc1cc(C(F)(F)F)ccc1N1CCCC1)c1n[nH]c(=O)c2ccccc12. The van der Waals surface area contributed by atoms with E-state index < -0.39 is 23.2 Å². The molecule has 0 radical (unpaired) electrons. The number of benzene rings is 2. The Balaban J connectivity index is 1.76. The van der Waals surface area contributed by atoms with E-state index in [1.165, 1.54) is 6.07 Å². The highest BCUT2D eigenvalue weighted by Gasteiger charge is 2.32. The predicted molar refractivity (Wildman–Crippen MR) is 103 cm³/mol. The number of anilines is 2. The number of hydrogen-bond acceptors (Lipinski definition) is 4. The highest BCUT2D eigenvalue weighted by atomic mass is 19.4. The smallest absolute Gasteiger partial charge is 0.370 e. The van der Waals surface area contributed by atoms with Crippen molar-refractivity contribution in [1.82, 2.24) is 10.2 Å². The molecule has 29 heavy (non-hydrogen) atoms. The molecule has 2 heterocycles. The van der Waals surface area contributed by atoms with E-state index in [0.29, 0.717) is 24.2 Å². The maximum Gasteiger partial charge on any atom is 0.416 e. The number of carbonyl (C=O) groups excluding carboxylic acids is 1. The second-order valence-electron chi connectivity index (χ2n) is 6.82. The van der Waals surface area contributed by atoms with Crippen molar-refractivity contribution in [1.29, 1.82) is 0 Å². The zero-order valence-corrected chi connectivity index (χ0v) is 15.2. The summed E-state index contributed by atoms with van der Waals surface area (Å²) < 4.78 is 39.6. The number of nitrogens with one attached hydrogen (secondary N) is 2. The maximum atomic E-state index is 13.2. The molecule has 1 aliphatic heterocycles. The Kier molecular flexibility index (Phi) is 4.73. The number of hydrogen-bond donors (Lipinski definition) is 2. The lowest BCUT2D eigenvalue weighted by molar-refractivity contribution is -0.137. The molecule has 6 nitrogen and oxygen atoms in total. The fraction of sp³-hybridized carbons (Fsp3) is 0.250. The van der Waals surface area contributed by atoms with E-state index in [1.807, 2.05) is 4.90 Å². The van der Waals surface area contributed by atoms with Crippen molar-refractivity contribution < 1.29 is 18.0 Å². The number of aromatic nitrogens is 2. The summed E-state index contributed by atoms with van der Waals surface area (Å²) in [6.07, 6.45) is -2.67. The molecule has 0 bridgehead atoms. The van der Waals surface area contributed by atoms with Crippen LogP contribution in [-0.4, -0.2) is 29.2 Å². The van der Waals surface area contributed by atoms with Crippen LogP contribution in [0.4, 0.5) is 24.5 Å². The topological polar surface area (TPSA) is 78.1 Å². The zero-order chi connectivity index (χ0) is 20.6. The molecule has 1 saturated heterocycles. The van der Waals surface area contributed by atoms with Gasteiger partial charge in [0.2, 0.25) is 0 Å². The summed E-state index contributed by atoms with van der Waals surface area (Å²) in [5.74, 6) is -0.697. The minimum atomic E-state index is -4.54. The summed E-state index contributed by atoms with van der Waals surface area (Å²) in [7, 11) is 0. The molecule has 1 aliphatic rings. The van der Waals surface area contributed by atoms with Gasteiger partial charge in [0.25, 0.3) is 11.5 Å². The van der Waals surface area contributed by atoms with Crippen LogP contribution in [0.15, 0.2) is 47.3 Å². The number of H-pyrrole nitrogens is 1. The molecule has 3 aromatic rings. The van der Waals surface area contributed by atoms with Gasteiger partial charge >= 0.3 is 6.18 Å². The molecule has 9 heteroatoms. The zero-order valence-electron chi connectivity index (χ0n) is 15.2. The number of nitrogens with zero attached hydrogens (tertiary/aromatic N) is 2. The number of alkyl halides is 3. The minimum Gasteiger partial charge on any atom is -0.370 e. The van der Waals surface area contributed by atoms with Gasteiger partial charge in [-0.2, -0.15) is 18.3 Å². The first-order valence-corrected chi connectivity index (χ1v) is 9.09. The third-order valence-electron chi connectivity index (χ3n) is 4.93. The van der Waals surface area contributed by atoms with E-state index >= 15 is 0 Å². The van der Waals surface area contributed by atoms with Crippen molar-refractivity contribution in [2.75, 3.05) is 23.3 Å². The Bertz CT molecular complexity index is 1130. The van der Waals surface area contributed by atoms with E-state index in [0.717, 1.165) is 25.0 Å². The largest absolute Gasteiger partial charge is 0.416 e. The molecule has 0 aliphatic carbocycles. The second-order valence-corrected chi connectivity index (χ2v) is 6.82. The average Bonchev–Trinajstić information content (AvgIpc) is 3.22. The Labute approximate surface area is 163 Å². The van der Waals surface area contributed by atoms with Crippen molar-refractivity contribution in [3.8, 4) is 0 Å². The van der Waals surface area contributed by atoms with Crippen LogP contribution < -0.4 is 15.8 Å². The van der Waals surface area contributed by atoms with Gasteiger partial charge in [0, 0.05) is 18.5 Å². The van der Waals surface area contributed by atoms with Crippen LogP contribution in [0.2, 0.25) is 0 Å². The summed E-state index contributed by atoms with van der Waals surface area (Å²) in [4.78, 5) is 26.7. The lowest BCUT2D eigenvalue weighted by atomic mass is 10.1. The van der Waals surface area contributed by atoms with Crippen molar-refractivity contribution in [3.63, 3.8) is 0 Å². The van der Waals surface area contributed by atoms with Gasteiger partial charge < -0.3 is 10.2 Å². The first-order valence-electron chi connectivity index (χ1n) is 9.09. The fourth-order valence-electron chi connectivity index (χ4n) is 3.52. The van der Waals surface area contributed by atoms with Crippen LogP contribution in [0, 0.1) is 0 Å². The van der Waals surface area contributed by atoms with Gasteiger partial charge in [-0.1, -0.05) is 18.2 Å². The van der Waals surface area contributed by atoms with Gasteiger partial charge in [0.05, 0.1) is 22.3 Å². The van der Waals surface area contributed by atoms with E-state index in [-0.39, 0.29) is 16.8 Å². The highest BCUT2D eigenvalue weighted by Crippen LogP contribution is 2.36. The fourth-order valence-corrected chi connectivity index (χ4v) is 3.52. The molecule has 0 unspecified atom stereocenters. The summed E-state index contributed by atoms with van der Waals surface area (Å²) >= 11 is 0. The molecule has 4 rings (SSSR count). The van der Waals surface area contributed by atoms with E-state index in [9.17, 15) is 22.8 Å². The Morgan fingerprint density at radius 3 is 2.45 bits per heavy atom. The van der Waals surface area contributed by atoms with Gasteiger partial charge in [-0.3, -0.25) is 9.59 Å². The van der Waals surface area contributed by atoms with Crippen LogP contribution in [-0.2, 0) is 6.18 Å². The molecule has 2 aromatic carbocycles. The molecule has 0 saturated carbocycles. The van der Waals surface area contributed by atoms with E-state index in [2.05, 4.69) is 15.5 Å². The molecule has 1 fully saturated rings. The lowest BCUT2D eigenvalue weighted by Gasteiger charge is -2.23. The Hall–Kier alpha value is -3.36. The standard InChI is InChI=1S/C20H17F3N4O2/c21-20(22,23)12-7-8-16(27-9-3-4-10-27)15(11-12)24-19(29)17-13-5-1-2-6-14(13)18(28)26-25-17/h1-2,5-8,11H,3-4,9-10H2,(H,24,29)(H,26,28). The maximum absolute atomic E-state index is 13.2. The molecule has 2 N–H and O–H groups in total. The van der Waals surface area contributed by atoms with Gasteiger partial charge in [-0.15, -0.1) is 0 Å². The van der Waals surface area contributed by atoms with Gasteiger partial charge in [-0.25, -0.2) is 5.10 Å². The lowest BCUT2D eigenvalue weighted by Crippen LogP contribution is -2.23. The summed E-state index contributed by atoms with van der Waals surface area (Å²) in [6.45, 7) is 1.40. The first kappa shape index (κ1) is 19.0. The average molecular weight is 402 g/mol. The number of amides is 1. The third kappa shape index (κ3) is 3.67. The molecule has 1 amide bonds. The van der Waals surface area contributed by atoms with E-state index in [4.69, 9.17) is 0 Å². The highest BCUT2D eigenvalue weighted by molar-refractivity contribution is 6.12.